The van der Waals surface area contributed by atoms with Crippen LogP contribution in [0.15, 0.2) is 97.2 Å². The molecule has 32 heavy (non-hydrogen) atoms. The summed E-state index contributed by atoms with van der Waals surface area (Å²) in [6.45, 7) is 0. The number of hydrogen-bond acceptors (Lipinski definition) is 7. The lowest BCUT2D eigenvalue weighted by Crippen LogP contribution is -2.07. The lowest BCUT2D eigenvalue weighted by atomic mass is 10.1. The number of ketones is 2. The number of carbonyl (C=O) groups excluding carboxylic acids is 2. The Balaban J connectivity index is 0.000000186. The van der Waals surface area contributed by atoms with E-state index in [1.54, 1.807) is 48.7 Å². The van der Waals surface area contributed by atoms with E-state index in [1.165, 1.54) is 12.1 Å². The molecule has 0 radical (unpaired) electrons. The summed E-state index contributed by atoms with van der Waals surface area (Å²) < 4.78 is 0. The van der Waals surface area contributed by atoms with E-state index >= 15 is 0 Å². The van der Waals surface area contributed by atoms with Gasteiger partial charge in [0.05, 0.1) is 4.92 Å². The Bertz CT molecular complexity index is 1190. The number of aromatic nitrogens is 2. The van der Waals surface area contributed by atoms with Crippen LogP contribution >= 0.6 is 0 Å². The third-order valence-corrected chi connectivity index (χ3v) is 4.24. The van der Waals surface area contributed by atoms with Gasteiger partial charge in [-0.2, -0.15) is 0 Å². The highest BCUT2D eigenvalue weighted by molar-refractivity contribution is 6.10. The first kappa shape index (κ1) is 22.0. The second-order valence-electron chi connectivity index (χ2n) is 6.40. The molecule has 0 bridgehead atoms. The zero-order valence-electron chi connectivity index (χ0n) is 16.7. The molecule has 4 aromatic rings. The summed E-state index contributed by atoms with van der Waals surface area (Å²) in [5.74, 6) is -1.07. The Morgan fingerprint density at radius 1 is 0.750 bits per heavy atom. The number of rotatable bonds is 5. The van der Waals surface area contributed by atoms with Crippen LogP contribution in [0, 0.1) is 10.1 Å². The van der Waals surface area contributed by atoms with Gasteiger partial charge in [-0.05, 0) is 12.1 Å². The largest absolute Gasteiger partial charge is 0.493 e. The fraction of sp³-hybridized carbons (Fsp3) is 0. The van der Waals surface area contributed by atoms with Crippen molar-refractivity contribution in [3.63, 3.8) is 0 Å². The van der Waals surface area contributed by atoms with Gasteiger partial charge in [0.2, 0.25) is 17.4 Å². The van der Waals surface area contributed by atoms with E-state index in [9.17, 15) is 24.8 Å². The molecule has 2 heterocycles. The van der Waals surface area contributed by atoms with Crippen molar-refractivity contribution in [3.8, 4) is 5.88 Å². The molecule has 0 unspecified atom stereocenters. The van der Waals surface area contributed by atoms with Crippen molar-refractivity contribution in [2.24, 2.45) is 0 Å². The topological polar surface area (TPSA) is 123 Å². The normalized spacial score (nSPS) is 9.88. The van der Waals surface area contributed by atoms with E-state index in [2.05, 4.69) is 9.97 Å². The number of benzene rings is 2. The molecular weight excluding hydrogens is 410 g/mol. The third kappa shape index (κ3) is 5.45. The number of hydrogen-bond donors (Lipinski definition) is 1. The minimum atomic E-state index is -0.706. The van der Waals surface area contributed by atoms with Crippen LogP contribution in [0.5, 0.6) is 5.88 Å². The highest BCUT2D eigenvalue weighted by Crippen LogP contribution is 2.22. The minimum absolute atomic E-state index is 0.0359. The highest BCUT2D eigenvalue weighted by atomic mass is 16.6. The predicted octanol–water partition coefficient (Wildman–Crippen LogP) is 4.24. The molecule has 2 aromatic heterocycles. The van der Waals surface area contributed by atoms with Gasteiger partial charge in [0.1, 0.15) is 5.69 Å². The minimum Gasteiger partial charge on any atom is -0.493 e. The molecular formula is C24H17N3O5. The highest BCUT2D eigenvalue weighted by Gasteiger charge is 2.23. The first-order valence-electron chi connectivity index (χ1n) is 9.42. The summed E-state index contributed by atoms with van der Waals surface area (Å²) in [5.41, 5.74) is 0.636. The number of pyridine rings is 2. The van der Waals surface area contributed by atoms with E-state index in [-0.39, 0.29) is 17.0 Å². The fourth-order valence-corrected chi connectivity index (χ4v) is 2.72. The summed E-state index contributed by atoms with van der Waals surface area (Å²) in [5, 5.41) is 20.0. The van der Waals surface area contributed by atoms with E-state index in [0.29, 0.717) is 11.3 Å². The molecule has 1 N–H and O–H groups in total. The van der Waals surface area contributed by atoms with Gasteiger partial charge < -0.3 is 5.11 Å². The number of aromatic hydroxyl groups is 1. The first-order valence-corrected chi connectivity index (χ1v) is 9.42. The van der Waals surface area contributed by atoms with Crippen molar-refractivity contribution in [2.45, 2.75) is 0 Å². The standard InChI is InChI=1S/C12H8N2O4.C12H9NO/c15-10-7-6-9(14(17)18)11(13-10)12(16)8-4-2-1-3-5-8;14-12(10-6-2-1-3-7-10)11-8-4-5-9-13-11/h1-7H,(H,13,15);1-9H. The molecule has 0 aliphatic carbocycles. The molecule has 158 valence electrons. The lowest BCUT2D eigenvalue weighted by molar-refractivity contribution is -0.385. The Morgan fingerprint density at radius 3 is 1.84 bits per heavy atom. The van der Waals surface area contributed by atoms with Gasteiger partial charge in [-0.25, -0.2) is 4.98 Å². The summed E-state index contributed by atoms with van der Waals surface area (Å²) in [6, 6.07) is 24.6. The average Bonchev–Trinajstić information content (AvgIpc) is 2.85. The van der Waals surface area contributed by atoms with Crippen molar-refractivity contribution < 1.29 is 19.6 Å². The lowest BCUT2D eigenvalue weighted by Gasteiger charge is -2.02. The molecule has 0 saturated carbocycles. The van der Waals surface area contributed by atoms with Gasteiger partial charge in [0.25, 0.3) is 5.69 Å². The second-order valence-corrected chi connectivity index (χ2v) is 6.40. The maximum absolute atomic E-state index is 12.0. The second kappa shape index (κ2) is 10.4. The van der Waals surface area contributed by atoms with Crippen molar-refractivity contribution in [1.82, 2.24) is 9.97 Å². The molecule has 0 aliphatic rings. The van der Waals surface area contributed by atoms with E-state index in [4.69, 9.17) is 0 Å². The molecule has 4 rings (SSSR count). The molecule has 8 nitrogen and oxygen atoms in total. The van der Waals surface area contributed by atoms with Crippen LogP contribution in [0.1, 0.15) is 32.1 Å². The summed E-state index contributed by atoms with van der Waals surface area (Å²) in [7, 11) is 0. The van der Waals surface area contributed by atoms with Crippen molar-refractivity contribution in [3.05, 3.63) is 130 Å². The summed E-state index contributed by atoms with van der Waals surface area (Å²) >= 11 is 0. The number of carbonyl (C=O) groups is 2. The maximum atomic E-state index is 12.0. The van der Waals surface area contributed by atoms with Crippen LogP contribution in [-0.4, -0.2) is 31.6 Å². The Morgan fingerprint density at radius 2 is 1.31 bits per heavy atom. The van der Waals surface area contributed by atoms with Gasteiger partial charge in [0, 0.05) is 29.5 Å². The first-order chi connectivity index (χ1) is 15.5. The van der Waals surface area contributed by atoms with Crippen molar-refractivity contribution >= 4 is 17.3 Å². The van der Waals surface area contributed by atoms with Gasteiger partial charge >= 0.3 is 0 Å². The van der Waals surface area contributed by atoms with Crippen LogP contribution in [0.25, 0.3) is 0 Å². The summed E-state index contributed by atoms with van der Waals surface area (Å²) in [6.07, 6.45) is 1.62. The Hall–Kier alpha value is -4.72. The Kier molecular flexibility index (Phi) is 7.11. The van der Waals surface area contributed by atoms with Crippen molar-refractivity contribution in [2.75, 3.05) is 0 Å². The van der Waals surface area contributed by atoms with Gasteiger partial charge in [-0.15, -0.1) is 0 Å². The molecule has 0 aliphatic heterocycles. The van der Waals surface area contributed by atoms with Crippen LogP contribution in [-0.2, 0) is 0 Å². The molecule has 0 saturated heterocycles. The molecule has 0 atom stereocenters. The van der Waals surface area contributed by atoms with E-state index < -0.39 is 22.3 Å². The average molecular weight is 427 g/mol. The smallest absolute Gasteiger partial charge is 0.299 e. The van der Waals surface area contributed by atoms with Crippen LogP contribution in [0.3, 0.4) is 0 Å². The van der Waals surface area contributed by atoms with Crippen LogP contribution in [0.4, 0.5) is 5.69 Å². The molecule has 0 fully saturated rings. The monoisotopic (exact) mass is 427 g/mol. The third-order valence-electron chi connectivity index (χ3n) is 4.24. The van der Waals surface area contributed by atoms with Crippen molar-refractivity contribution in [1.29, 1.82) is 0 Å². The van der Waals surface area contributed by atoms with Crippen LogP contribution < -0.4 is 0 Å². The Labute approximate surface area is 183 Å². The van der Waals surface area contributed by atoms with E-state index in [0.717, 1.165) is 12.1 Å². The molecule has 0 amide bonds. The van der Waals surface area contributed by atoms with E-state index in [1.807, 2.05) is 24.3 Å². The predicted molar refractivity (Wildman–Crippen MR) is 117 cm³/mol. The van der Waals surface area contributed by atoms with Gasteiger partial charge in [0.15, 0.2) is 5.69 Å². The van der Waals surface area contributed by atoms with Gasteiger partial charge in [-0.1, -0.05) is 66.7 Å². The number of nitrogens with zero attached hydrogens (tertiary/aromatic N) is 3. The van der Waals surface area contributed by atoms with Gasteiger partial charge in [-0.3, -0.25) is 24.7 Å². The van der Waals surface area contributed by atoms with Crippen LogP contribution in [0.2, 0.25) is 0 Å². The maximum Gasteiger partial charge on any atom is 0.299 e. The molecule has 2 aromatic carbocycles. The zero-order chi connectivity index (χ0) is 22.9. The quantitative estimate of drug-likeness (QED) is 0.287. The fourth-order valence-electron chi connectivity index (χ4n) is 2.72. The SMILES string of the molecule is O=C(c1ccccc1)c1ccccn1.O=C(c1ccccc1)c1nc(O)ccc1[N+](=O)[O-]. The summed E-state index contributed by atoms with van der Waals surface area (Å²) in [4.78, 5) is 41.5. The molecule has 0 spiro atoms. The zero-order valence-corrected chi connectivity index (χ0v) is 16.7. The number of nitro groups is 1. The molecule has 8 heteroatoms.